The van der Waals surface area contributed by atoms with E-state index in [0.717, 1.165) is 5.56 Å². The number of benzene rings is 2. The molecule has 2 aromatic rings. The summed E-state index contributed by atoms with van der Waals surface area (Å²) in [5, 5.41) is 0. The molecule has 1 aliphatic rings. The summed E-state index contributed by atoms with van der Waals surface area (Å²) in [6, 6.07) is 15.9. The topological polar surface area (TPSA) is 92.7 Å². The highest BCUT2D eigenvalue weighted by Gasteiger charge is 2.31. The molecule has 30 heavy (non-hydrogen) atoms. The summed E-state index contributed by atoms with van der Waals surface area (Å²) in [6.45, 7) is 1.85. The predicted octanol–water partition coefficient (Wildman–Crippen LogP) is 1.33. The Morgan fingerprint density at radius 2 is 1.77 bits per heavy atom. The number of primary amides is 1. The molecular weight excluding hydrogens is 383 g/mol. The normalized spacial score (nSPS) is 18.2. The zero-order chi connectivity index (χ0) is 21.5. The van der Waals surface area contributed by atoms with Crippen molar-refractivity contribution in [3.05, 3.63) is 71.5 Å². The van der Waals surface area contributed by atoms with Gasteiger partial charge in [0.1, 0.15) is 5.82 Å². The number of carbonyl (C=O) groups is 2. The van der Waals surface area contributed by atoms with Crippen molar-refractivity contribution in [3.63, 3.8) is 0 Å². The van der Waals surface area contributed by atoms with E-state index in [9.17, 15) is 14.0 Å². The van der Waals surface area contributed by atoms with Crippen LogP contribution in [-0.2, 0) is 22.4 Å². The van der Waals surface area contributed by atoms with Crippen LogP contribution in [0, 0.1) is 5.82 Å². The maximum absolute atomic E-state index is 13.9. The molecule has 1 aliphatic heterocycles. The second-order valence-electron chi connectivity index (χ2n) is 7.89. The fourth-order valence-corrected chi connectivity index (χ4v) is 4.03. The summed E-state index contributed by atoms with van der Waals surface area (Å²) in [5.74, 6) is -0.721. The molecule has 2 aromatic carbocycles. The van der Waals surface area contributed by atoms with Crippen molar-refractivity contribution in [3.8, 4) is 0 Å². The summed E-state index contributed by atoms with van der Waals surface area (Å²) in [5.41, 5.74) is 13.2. The molecule has 1 saturated heterocycles. The molecule has 0 saturated carbocycles. The molecule has 1 fully saturated rings. The molecule has 160 valence electrons. The Balaban J connectivity index is 1.66. The first kappa shape index (κ1) is 21.9. The molecule has 6 nitrogen and oxygen atoms in total. The van der Waals surface area contributed by atoms with E-state index in [-0.39, 0.29) is 36.6 Å². The van der Waals surface area contributed by atoms with Crippen LogP contribution < -0.4 is 11.5 Å². The van der Waals surface area contributed by atoms with Gasteiger partial charge in [-0.2, -0.15) is 0 Å². The van der Waals surface area contributed by atoms with Crippen LogP contribution in [0.4, 0.5) is 4.39 Å². The molecule has 2 unspecified atom stereocenters. The minimum absolute atomic E-state index is 0.0431. The van der Waals surface area contributed by atoms with E-state index < -0.39 is 6.04 Å². The lowest BCUT2D eigenvalue weighted by atomic mass is 9.99. The van der Waals surface area contributed by atoms with Gasteiger partial charge in [0, 0.05) is 38.1 Å². The third kappa shape index (κ3) is 6.11. The Bertz CT molecular complexity index is 861. The molecule has 3 rings (SSSR count). The average Bonchev–Trinajstić information content (AvgIpc) is 2.70. The van der Waals surface area contributed by atoms with Gasteiger partial charge in [0.05, 0.1) is 6.54 Å². The quantitative estimate of drug-likeness (QED) is 0.684. The number of piperazine rings is 1. The lowest BCUT2D eigenvalue weighted by Gasteiger charge is -2.41. The maximum Gasteiger partial charge on any atom is 0.231 e. The third-order valence-electron chi connectivity index (χ3n) is 5.46. The number of nitrogens with two attached hydrogens (primary N) is 2. The summed E-state index contributed by atoms with van der Waals surface area (Å²) in [6.07, 6.45) is 1.14. The Kier molecular flexibility index (Phi) is 7.54. The van der Waals surface area contributed by atoms with Gasteiger partial charge >= 0.3 is 0 Å². The zero-order valence-electron chi connectivity index (χ0n) is 17.0. The molecule has 4 N–H and O–H groups in total. The van der Waals surface area contributed by atoms with Crippen molar-refractivity contribution in [1.82, 2.24) is 9.80 Å². The van der Waals surface area contributed by atoms with Crippen LogP contribution in [0.3, 0.4) is 0 Å². The van der Waals surface area contributed by atoms with Crippen LogP contribution in [0.15, 0.2) is 54.6 Å². The van der Waals surface area contributed by atoms with Gasteiger partial charge in [0.2, 0.25) is 11.8 Å². The van der Waals surface area contributed by atoms with Gasteiger partial charge in [-0.25, -0.2) is 4.39 Å². The second kappa shape index (κ2) is 10.3. The smallest absolute Gasteiger partial charge is 0.231 e. The Morgan fingerprint density at radius 3 is 2.47 bits per heavy atom. The van der Waals surface area contributed by atoms with Crippen molar-refractivity contribution in [2.45, 2.75) is 31.3 Å². The van der Waals surface area contributed by atoms with Gasteiger partial charge in [-0.3, -0.25) is 14.5 Å². The zero-order valence-corrected chi connectivity index (χ0v) is 17.0. The number of hydrogen-bond acceptors (Lipinski definition) is 4. The highest BCUT2D eigenvalue weighted by atomic mass is 19.1. The Morgan fingerprint density at radius 1 is 1.07 bits per heavy atom. The minimum atomic E-state index is -0.463. The van der Waals surface area contributed by atoms with E-state index in [4.69, 9.17) is 11.5 Å². The van der Waals surface area contributed by atoms with E-state index in [0.29, 0.717) is 38.0 Å². The molecular formula is C23H29FN4O2. The number of amides is 2. The second-order valence-corrected chi connectivity index (χ2v) is 7.89. The molecule has 0 radical (unpaired) electrons. The van der Waals surface area contributed by atoms with Crippen LogP contribution in [0.1, 0.15) is 17.5 Å². The molecule has 1 heterocycles. The fraction of sp³-hybridized carbons (Fsp3) is 0.391. The van der Waals surface area contributed by atoms with Gasteiger partial charge in [0.15, 0.2) is 0 Å². The number of carbonyl (C=O) groups excluding carboxylic acids is 2. The fourth-order valence-electron chi connectivity index (χ4n) is 4.03. The molecule has 7 heteroatoms. The summed E-state index contributed by atoms with van der Waals surface area (Å²) in [4.78, 5) is 28.2. The largest absolute Gasteiger partial charge is 0.369 e. The number of halogens is 1. The van der Waals surface area contributed by atoms with Gasteiger partial charge < -0.3 is 16.4 Å². The van der Waals surface area contributed by atoms with Crippen LogP contribution in [0.25, 0.3) is 0 Å². The van der Waals surface area contributed by atoms with E-state index in [1.807, 2.05) is 40.1 Å². The monoisotopic (exact) mass is 412 g/mol. The predicted molar refractivity (Wildman–Crippen MR) is 114 cm³/mol. The van der Waals surface area contributed by atoms with Gasteiger partial charge in [-0.1, -0.05) is 48.5 Å². The molecule has 0 spiro atoms. The number of rotatable bonds is 8. The van der Waals surface area contributed by atoms with E-state index in [2.05, 4.69) is 0 Å². The van der Waals surface area contributed by atoms with Crippen molar-refractivity contribution in [2.75, 3.05) is 26.2 Å². The highest BCUT2D eigenvalue weighted by molar-refractivity contribution is 5.78. The number of nitrogens with zero attached hydrogens (tertiary/aromatic N) is 2. The van der Waals surface area contributed by atoms with Crippen molar-refractivity contribution >= 4 is 11.8 Å². The van der Waals surface area contributed by atoms with Crippen LogP contribution in [-0.4, -0.2) is 59.9 Å². The van der Waals surface area contributed by atoms with Gasteiger partial charge in [-0.05, 0) is 30.0 Å². The van der Waals surface area contributed by atoms with Crippen molar-refractivity contribution in [2.24, 2.45) is 11.5 Å². The van der Waals surface area contributed by atoms with E-state index >= 15 is 0 Å². The van der Waals surface area contributed by atoms with Crippen LogP contribution >= 0.6 is 0 Å². The molecule has 2 atom stereocenters. The first-order valence-corrected chi connectivity index (χ1v) is 10.3. The molecule has 2 amide bonds. The lowest BCUT2D eigenvalue weighted by molar-refractivity contribution is -0.136. The molecule has 0 aliphatic carbocycles. The summed E-state index contributed by atoms with van der Waals surface area (Å²) < 4.78 is 13.9. The van der Waals surface area contributed by atoms with Crippen LogP contribution in [0.5, 0.6) is 0 Å². The lowest BCUT2D eigenvalue weighted by Crippen LogP contribution is -2.57. The minimum Gasteiger partial charge on any atom is -0.369 e. The van der Waals surface area contributed by atoms with Gasteiger partial charge in [-0.15, -0.1) is 0 Å². The third-order valence-corrected chi connectivity index (χ3v) is 5.46. The van der Waals surface area contributed by atoms with Crippen LogP contribution in [0.2, 0.25) is 0 Å². The summed E-state index contributed by atoms with van der Waals surface area (Å²) in [7, 11) is 0. The highest BCUT2D eigenvalue weighted by Crippen LogP contribution is 2.18. The summed E-state index contributed by atoms with van der Waals surface area (Å²) >= 11 is 0. The Labute approximate surface area is 176 Å². The maximum atomic E-state index is 13.9. The number of hydrogen-bond donors (Lipinski definition) is 2. The van der Waals surface area contributed by atoms with E-state index in [1.54, 1.807) is 18.2 Å². The van der Waals surface area contributed by atoms with Crippen molar-refractivity contribution in [1.29, 1.82) is 0 Å². The van der Waals surface area contributed by atoms with Gasteiger partial charge in [0.25, 0.3) is 0 Å². The standard InChI is InChI=1S/C23H29FN4O2/c24-21-9-5-4-8-18(21)13-19(25)14-23(30)28-11-10-27(16-22(26)29)15-20(28)12-17-6-2-1-3-7-17/h1-9,19-20H,10-16,25H2,(H2,26,29). The molecule has 0 bridgehead atoms. The average molecular weight is 413 g/mol. The SMILES string of the molecule is NC(=O)CN1CCN(C(=O)CC(N)Cc2ccccc2F)C(Cc2ccccc2)C1. The molecule has 0 aromatic heterocycles. The van der Waals surface area contributed by atoms with E-state index in [1.165, 1.54) is 6.07 Å². The Hall–Kier alpha value is -2.77. The van der Waals surface area contributed by atoms with Crippen molar-refractivity contribution < 1.29 is 14.0 Å². The first-order valence-electron chi connectivity index (χ1n) is 10.3. The first-order chi connectivity index (χ1) is 14.4.